The van der Waals surface area contributed by atoms with Gasteiger partial charge in [-0.1, -0.05) is 17.8 Å². The molecule has 25 heavy (non-hydrogen) atoms. The fourth-order valence-corrected chi connectivity index (χ4v) is 3.15. The Hall–Kier alpha value is -2.65. The number of nitrogens with zero attached hydrogens (tertiary/aromatic N) is 2. The number of benzene rings is 1. The normalized spacial score (nSPS) is 10.4. The second kappa shape index (κ2) is 7.95. The molecule has 2 heterocycles. The molecule has 0 radical (unpaired) electrons. The van der Waals surface area contributed by atoms with Gasteiger partial charge in [0, 0.05) is 18.3 Å². The van der Waals surface area contributed by atoms with Crippen LogP contribution in [-0.4, -0.2) is 34.8 Å². The van der Waals surface area contributed by atoms with E-state index in [0.29, 0.717) is 22.4 Å². The average Bonchev–Trinajstić information content (AvgIpc) is 3.31. The number of aromatic nitrogens is 2. The smallest absolute Gasteiger partial charge is 0.277 e. The minimum Gasteiger partial charge on any atom is -0.410 e. The molecular weight excluding hydrogens is 360 g/mol. The van der Waals surface area contributed by atoms with Crippen LogP contribution >= 0.6 is 23.1 Å². The molecule has 7 nitrogen and oxygen atoms in total. The molecule has 0 atom stereocenters. The number of thiophene rings is 1. The highest BCUT2D eigenvalue weighted by Crippen LogP contribution is 2.26. The Balaban J connectivity index is 1.52. The molecule has 2 aromatic heterocycles. The molecule has 2 N–H and O–H groups in total. The lowest BCUT2D eigenvalue weighted by Crippen LogP contribution is -2.18. The van der Waals surface area contributed by atoms with Crippen molar-refractivity contribution >= 4 is 40.6 Å². The number of amides is 2. The van der Waals surface area contributed by atoms with Crippen LogP contribution < -0.4 is 10.6 Å². The van der Waals surface area contributed by atoms with Crippen LogP contribution in [0.2, 0.25) is 0 Å². The third-order valence-corrected chi connectivity index (χ3v) is 4.80. The zero-order valence-electron chi connectivity index (χ0n) is 13.2. The van der Waals surface area contributed by atoms with Gasteiger partial charge in [-0.05, 0) is 35.7 Å². The maximum Gasteiger partial charge on any atom is 0.277 e. The van der Waals surface area contributed by atoms with E-state index in [9.17, 15) is 9.59 Å². The Morgan fingerprint density at radius 1 is 1.20 bits per heavy atom. The first kappa shape index (κ1) is 17.2. The largest absolute Gasteiger partial charge is 0.410 e. The third kappa shape index (κ3) is 4.46. The lowest BCUT2D eigenvalue weighted by atomic mass is 10.2. The molecule has 2 amide bonds. The molecule has 0 saturated heterocycles. The van der Waals surface area contributed by atoms with Crippen molar-refractivity contribution in [1.29, 1.82) is 0 Å². The molecule has 0 fully saturated rings. The summed E-state index contributed by atoms with van der Waals surface area (Å²) in [6, 6.07) is 10.4. The molecule has 3 aromatic rings. The summed E-state index contributed by atoms with van der Waals surface area (Å²) < 4.78 is 5.51. The van der Waals surface area contributed by atoms with E-state index in [-0.39, 0.29) is 17.6 Å². The summed E-state index contributed by atoms with van der Waals surface area (Å²) >= 11 is 2.67. The van der Waals surface area contributed by atoms with Gasteiger partial charge in [-0.3, -0.25) is 9.59 Å². The highest BCUT2D eigenvalue weighted by atomic mass is 32.2. The molecule has 0 aliphatic rings. The van der Waals surface area contributed by atoms with E-state index >= 15 is 0 Å². The minimum atomic E-state index is -0.200. The SMILES string of the molecule is CNC(=O)c1ccc(NC(=O)CSc2nnc(-c3cccs3)o2)cc1. The summed E-state index contributed by atoms with van der Waals surface area (Å²) in [5, 5.41) is 15.4. The van der Waals surface area contributed by atoms with Gasteiger partial charge in [0.2, 0.25) is 5.91 Å². The van der Waals surface area contributed by atoms with Gasteiger partial charge in [-0.15, -0.1) is 21.5 Å². The van der Waals surface area contributed by atoms with Gasteiger partial charge in [-0.2, -0.15) is 0 Å². The fraction of sp³-hybridized carbons (Fsp3) is 0.125. The molecule has 9 heteroatoms. The first-order valence-corrected chi connectivity index (χ1v) is 9.14. The summed E-state index contributed by atoms with van der Waals surface area (Å²) in [5.41, 5.74) is 1.14. The molecule has 0 spiro atoms. The highest BCUT2D eigenvalue weighted by Gasteiger charge is 2.12. The monoisotopic (exact) mass is 374 g/mol. The Morgan fingerprint density at radius 3 is 2.68 bits per heavy atom. The summed E-state index contributed by atoms with van der Waals surface area (Å²) in [6.07, 6.45) is 0. The van der Waals surface area contributed by atoms with Gasteiger partial charge in [0.1, 0.15) is 0 Å². The van der Waals surface area contributed by atoms with Crippen LogP contribution in [0.1, 0.15) is 10.4 Å². The zero-order chi connectivity index (χ0) is 17.6. The van der Waals surface area contributed by atoms with E-state index in [0.717, 1.165) is 4.88 Å². The van der Waals surface area contributed by atoms with Crippen molar-refractivity contribution in [3.8, 4) is 10.8 Å². The van der Waals surface area contributed by atoms with E-state index in [4.69, 9.17) is 4.42 Å². The van der Waals surface area contributed by atoms with Crippen LogP contribution in [0.3, 0.4) is 0 Å². The van der Waals surface area contributed by atoms with Crippen LogP contribution in [0, 0.1) is 0 Å². The predicted molar refractivity (Wildman–Crippen MR) is 96.8 cm³/mol. The number of hydrogen-bond acceptors (Lipinski definition) is 7. The molecule has 3 rings (SSSR count). The van der Waals surface area contributed by atoms with Crippen molar-refractivity contribution in [2.24, 2.45) is 0 Å². The van der Waals surface area contributed by atoms with Crippen LogP contribution in [0.4, 0.5) is 5.69 Å². The molecule has 0 bridgehead atoms. The number of carbonyl (C=O) groups excluding carboxylic acids is 2. The Morgan fingerprint density at radius 2 is 2.00 bits per heavy atom. The van der Waals surface area contributed by atoms with E-state index in [2.05, 4.69) is 20.8 Å². The topological polar surface area (TPSA) is 97.1 Å². The molecule has 0 unspecified atom stereocenters. The van der Waals surface area contributed by atoms with Gasteiger partial charge in [0.25, 0.3) is 17.0 Å². The van der Waals surface area contributed by atoms with Crippen molar-refractivity contribution in [3.63, 3.8) is 0 Å². The second-order valence-corrected chi connectivity index (χ2v) is 6.72. The van der Waals surface area contributed by atoms with Crippen molar-refractivity contribution in [3.05, 3.63) is 47.3 Å². The van der Waals surface area contributed by atoms with Crippen LogP contribution in [0.15, 0.2) is 51.4 Å². The number of nitrogens with one attached hydrogen (secondary N) is 2. The fourth-order valence-electron chi connectivity index (χ4n) is 1.94. The number of thioether (sulfide) groups is 1. The van der Waals surface area contributed by atoms with E-state index in [1.165, 1.54) is 23.1 Å². The van der Waals surface area contributed by atoms with E-state index in [1.54, 1.807) is 31.3 Å². The Bertz CT molecular complexity index is 860. The minimum absolute atomic E-state index is 0.142. The number of anilines is 1. The van der Waals surface area contributed by atoms with Gasteiger partial charge in [-0.25, -0.2) is 0 Å². The van der Waals surface area contributed by atoms with Crippen molar-refractivity contribution in [2.45, 2.75) is 5.22 Å². The zero-order valence-corrected chi connectivity index (χ0v) is 14.8. The van der Waals surface area contributed by atoms with Crippen LogP contribution in [0.25, 0.3) is 10.8 Å². The quantitative estimate of drug-likeness (QED) is 0.644. The van der Waals surface area contributed by atoms with Crippen LogP contribution in [0.5, 0.6) is 0 Å². The van der Waals surface area contributed by atoms with Crippen molar-refractivity contribution in [2.75, 3.05) is 18.1 Å². The summed E-state index contributed by atoms with van der Waals surface area (Å²) in [5.74, 6) is 0.214. The van der Waals surface area contributed by atoms with Crippen LogP contribution in [-0.2, 0) is 4.79 Å². The predicted octanol–water partition coefficient (Wildman–Crippen LogP) is 2.89. The standard InChI is InChI=1S/C16H14N4O3S2/c1-17-14(22)10-4-6-11(7-5-10)18-13(21)9-25-16-20-19-15(23-16)12-3-2-8-24-12/h2-8H,9H2,1H3,(H,17,22)(H,18,21). The van der Waals surface area contributed by atoms with Crippen molar-refractivity contribution < 1.29 is 14.0 Å². The molecule has 0 aliphatic heterocycles. The molecule has 0 saturated carbocycles. The number of hydrogen-bond donors (Lipinski definition) is 2. The lowest BCUT2D eigenvalue weighted by Gasteiger charge is -2.05. The summed E-state index contributed by atoms with van der Waals surface area (Å²) in [4.78, 5) is 24.4. The van der Waals surface area contributed by atoms with E-state index < -0.39 is 0 Å². The maximum absolute atomic E-state index is 12.0. The number of carbonyl (C=O) groups is 2. The van der Waals surface area contributed by atoms with Crippen molar-refractivity contribution in [1.82, 2.24) is 15.5 Å². The van der Waals surface area contributed by atoms with Gasteiger partial charge < -0.3 is 15.1 Å². The Kier molecular flexibility index (Phi) is 5.46. The molecule has 128 valence electrons. The lowest BCUT2D eigenvalue weighted by molar-refractivity contribution is -0.113. The Labute approximate surface area is 151 Å². The first-order chi connectivity index (χ1) is 12.2. The highest BCUT2D eigenvalue weighted by molar-refractivity contribution is 7.99. The van der Waals surface area contributed by atoms with Gasteiger partial charge in [0.15, 0.2) is 0 Å². The van der Waals surface area contributed by atoms with E-state index in [1.807, 2.05) is 17.5 Å². The number of rotatable bonds is 6. The molecular formula is C16H14N4O3S2. The summed E-state index contributed by atoms with van der Waals surface area (Å²) in [6.45, 7) is 0. The maximum atomic E-state index is 12.0. The first-order valence-electron chi connectivity index (χ1n) is 7.28. The summed E-state index contributed by atoms with van der Waals surface area (Å²) in [7, 11) is 1.57. The molecule has 0 aliphatic carbocycles. The molecule has 1 aromatic carbocycles. The van der Waals surface area contributed by atoms with Gasteiger partial charge >= 0.3 is 0 Å². The average molecular weight is 374 g/mol. The third-order valence-electron chi connectivity index (χ3n) is 3.12. The second-order valence-electron chi connectivity index (χ2n) is 4.84. The van der Waals surface area contributed by atoms with Gasteiger partial charge in [0.05, 0.1) is 10.6 Å².